The maximum absolute atomic E-state index is 12.1. The van der Waals surface area contributed by atoms with Crippen LogP contribution in [0.2, 0.25) is 0 Å². The molecule has 0 aromatic heterocycles. The first-order valence-electron chi connectivity index (χ1n) is 4.62. The molecular formula is C9H12F2N2. The number of alkyl halides is 2. The molecule has 72 valence electrons. The number of hydrogen-bond acceptors (Lipinski definition) is 2. The van der Waals surface area contributed by atoms with E-state index >= 15 is 0 Å². The Morgan fingerprint density at radius 2 is 2.23 bits per heavy atom. The summed E-state index contributed by atoms with van der Waals surface area (Å²) in [5, 5.41) is 8.74. The molecule has 1 saturated carbocycles. The molecule has 2 rings (SSSR count). The number of likely N-dealkylation sites (tertiary alicyclic amines) is 1. The average Bonchev–Trinajstić information content (AvgIpc) is 2.60. The highest BCUT2D eigenvalue weighted by atomic mass is 19.3. The molecule has 0 aromatic carbocycles. The van der Waals surface area contributed by atoms with Gasteiger partial charge >= 0.3 is 0 Å². The van der Waals surface area contributed by atoms with Crippen LogP contribution in [0.1, 0.15) is 12.8 Å². The van der Waals surface area contributed by atoms with Crippen LogP contribution in [0.3, 0.4) is 0 Å². The highest BCUT2D eigenvalue weighted by Gasteiger charge is 2.45. The standard InChI is InChI=1S/C9H12F2N2/c10-9(11)5-13-4-7-2-8(13)1-6(7)3-12/h6-9H,1-2,4-5H2. The summed E-state index contributed by atoms with van der Waals surface area (Å²) < 4.78 is 24.2. The Balaban J connectivity index is 1.92. The van der Waals surface area contributed by atoms with E-state index in [0.29, 0.717) is 12.5 Å². The van der Waals surface area contributed by atoms with Crippen LogP contribution in [0.5, 0.6) is 0 Å². The van der Waals surface area contributed by atoms with Crippen molar-refractivity contribution in [1.29, 1.82) is 5.26 Å². The van der Waals surface area contributed by atoms with E-state index in [4.69, 9.17) is 5.26 Å². The molecule has 1 heterocycles. The maximum Gasteiger partial charge on any atom is 0.251 e. The van der Waals surface area contributed by atoms with Gasteiger partial charge in [-0.05, 0) is 18.8 Å². The number of hydrogen-bond donors (Lipinski definition) is 0. The van der Waals surface area contributed by atoms with Gasteiger partial charge in [0.15, 0.2) is 0 Å². The largest absolute Gasteiger partial charge is 0.294 e. The summed E-state index contributed by atoms with van der Waals surface area (Å²) in [6.45, 7) is 0.590. The molecule has 4 heteroatoms. The molecule has 1 saturated heterocycles. The van der Waals surface area contributed by atoms with Crippen molar-refractivity contribution in [2.75, 3.05) is 13.1 Å². The second kappa shape index (κ2) is 3.22. The minimum Gasteiger partial charge on any atom is -0.294 e. The van der Waals surface area contributed by atoms with Crippen molar-refractivity contribution in [3.8, 4) is 6.07 Å². The van der Waals surface area contributed by atoms with Crippen molar-refractivity contribution in [2.45, 2.75) is 25.3 Å². The van der Waals surface area contributed by atoms with Crippen LogP contribution < -0.4 is 0 Å². The van der Waals surface area contributed by atoms with Crippen LogP contribution in [0.4, 0.5) is 8.78 Å². The van der Waals surface area contributed by atoms with Gasteiger partial charge in [-0.2, -0.15) is 5.26 Å². The molecule has 2 bridgehead atoms. The van der Waals surface area contributed by atoms with Gasteiger partial charge < -0.3 is 0 Å². The zero-order chi connectivity index (χ0) is 9.42. The second-order valence-electron chi connectivity index (χ2n) is 3.97. The lowest BCUT2D eigenvalue weighted by Crippen LogP contribution is -2.38. The Bertz CT molecular complexity index is 236. The lowest BCUT2D eigenvalue weighted by molar-refractivity contribution is 0.0683. The molecule has 0 spiro atoms. The fourth-order valence-corrected chi connectivity index (χ4v) is 2.60. The van der Waals surface area contributed by atoms with Crippen molar-refractivity contribution in [3.63, 3.8) is 0 Å². The average molecular weight is 186 g/mol. The molecular weight excluding hydrogens is 174 g/mol. The second-order valence-corrected chi connectivity index (χ2v) is 3.97. The van der Waals surface area contributed by atoms with Crippen LogP contribution in [0.25, 0.3) is 0 Å². The first-order valence-corrected chi connectivity index (χ1v) is 4.62. The lowest BCUT2D eigenvalue weighted by atomic mass is 9.96. The third-order valence-corrected chi connectivity index (χ3v) is 3.19. The third-order valence-electron chi connectivity index (χ3n) is 3.19. The number of rotatable bonds is 2. The van der Waals surface area contributed by atoms with Gasteiger partial charge in [0.1, 0.15) is 0 Å². The minimum atomic E-state index is -2.24. The summed E-state index contributed by atoms with van der Waals surface area (Å²) in [6.07, 6.45) is -0.487. The van der Waals surface area contributed by atoms with Crippen LogP contribution in [0.15, 0.2) is 0 Å². The molecule has 0 aromatic rings. The highest BCUT2D eigenvalue weighted by Crippen LogP contribution is 2.41. The summed E-state index contributed by atoms with van der Waals surface area (Å²) in [5.74, 6) is 0.479. The molecule has 0 radical (unpaired) electrons. The molecule has 3 atom stereocenters. The summed E-state index contributed by atoms with van der Waals surface area (Å²) in [6, 6.07) is 2.51. The van der Waals surface area contributed by atoms with E-state index in [-0.39, 0.29) is 18.5 Å². The van der Waals surface area contributed by atoms with Gasteiger partial charge in [-0.3, -0.25) is 4.90 Å². The van der Waals surface area contributed by atoms with Crippen LogP contribution in [0, 0.1) is 23.2 Å². The van der Waals surface area contributed by atoms with Gasteiger partial charge in [-0.25, -0.2) is 8.78 Å². The molecule has 2 aliphatic rings. The molecule has 1 aliphatic heterocycles. The molecule has 0 N–H and O–H groups in total. The number of nitriles is 1. The van der Waals surface area contributed by atoms with Crippen molar-refractivity contribution in [1.82, 2.24) is 4.90 Å². The van der Waals surface area contributed by atoms with Crippen LogP contribution in [-0.2, 0) is 0 Å². The number of halogens is 2. The van der Waals surface area contributed by atoms with E-state index in [1.807, 2.05) is 4.90 Å². The van der Waals surface area contributed by atoms with Gasteiger partial charge in [0.25, 0.3) is 6.43 Å². The maximum atomic E-state index is 12.1. The highest BCUT2D eigenvalue weighted by molar-refractivity contribution is 5.04. The summed E-state index contributed by atoms with van der Waals surface area (Å²) in [5.41, 5.74) is 0. The van der Waals surface area contributed by atoms with E-state index in [0.717, 1.165) is 12.8 Å². The molecule has 2 nitrogen and oxygen atoms in total. The first kappa shape index (κ1) is 8.89. The molecule has 13 heavy (non-hydrogen) atoms. The molecule has 0 amide bonds. The zero-order valence-electron chi connectivity index (χ0n) is 7.29. The van der Waals surface area contributed by atoms with Crippen molar-refractivity contribution < 1.29 is 8.78 Å². The smallest absolute Gasteiger partial charge is 0.251 e. The van der Waals surface area contributed by atoms with Crippen LogP contribution in [-0.4, -0.2) is 30.5 Å². The van der Waals surface area contributed by atoms with Crippen molar-refractivity contribution >= 4 is 0 Å². The van der Waals surface area contributed by atoms with E-state index in [2.05, 4.69) is 6.07 Å². The van der Waals surface area contributed by atoms with Crippen LogP contribution >= 0.6 is 0 Å². The van der Waals surface area contributed by atoms with Crippen molar-refractivity contribution in [3.05, 3.63) is 0 Å². The lowest BCUT2D eigenvalue weighted by Gasteiger charge is -2.28. The minimum absolute atomic E-state index is 0.112. The predicted molar refractivity (Wildman–Crippen MR) is 43.2 cm³/mol. The Labute approximate surface area is 76.1 Å². The number of fused-ring (bicyclic) bond motifs is 2. The van der Waals surface area contributed by atoms with E-state index < -0.39 is 6.43 Å². The Morgan fingerprint density at radius 1 is 1.46 bits per heavy atom. The summed E-state index contributed by atoms with van der Waals surface area (Å²) in [7, 11) is 0. The quantitative estimate of drug-likeness (QED) is 0.653. The topological polar surface area (TPSA) is 27.0 Å². The number of piperidine rings is 1. The normalized spacial score (nSPS) is 38.5. The number of nitrogens with zero attached hydrogens (tertiary/aromatic N) is 2. The SMILES string of the molecule is N#CC1CC2CC1CN2CC(F)F. The van der Waals surface area contributed by atoms with Gasteiger partial charge in [-0.1, -0.05) is 0 Å². The third kappa shape index (κ3) is 1.53. The summed E-state index contributed by atoms with van der Waals surface area (Å²) in [4.78, 5) is 1.84. The molecule has 1 aliphatic carbocycles. The monoisotopic (exact) mass is 186 g/mol. The fourth-order valence-electron chi connectivity index (χ4n) is 2.60. The van der Waals surface area contributed by atoms with E-state index in [9.17, 15) is 8.78 Å². The Kier molecular flexibility index (Phi) is 2.20. The molecule has 3 unspecified atom stereocenters. The van der Waals surface area contributed by atoms with E-state index in [1.54, 1.807) is 0 Å². The van der Waals surface area contributed by atoms with Gasteiger partial charge in [0.2, 0.25) is 0 Å². The fraction of sp³-hybridized carbons (Fsp3) is 0.889. The van der Waals surface area contributed by atoms with Gasteiger partial charge in [-0.15, -0.1) is 0 Å². The Hall–Kier alpha value is -0.690. The summed E-state index contributed by atoms with van der Waals surface area (Å²) >= 11 is 0. The van der Waals surface area contributed by atoms with E-state index in [1.165, 1.54) is 0 Å². The molecule has 2 fully saturated rings. The van der Waals surface area contributed by atoms with Gasteiger partial charge in [0.05, 0.1) is 18.5 Å². The predicted octanol–water partition coefficient (Wildman–Crippen LogP) is 1.49. The zero-order valence-corrected chi connectivity index (χ0v) is 7.29. The first-order chi connectivity index (χ1) is 6.20. The Morgan fingerprint density at radius 3 is 2.69 bits per heavy atom. The van der Waals surface area contributed by atoms with Crippen molar-refractivity contribution in [2.24, 2.45) is 11.8 Å². The van der Waals surface area contributed by atoms with Gasteiger partial charge in [0, 0.05) is 12.6 Å².